The maximum atomic E-state index is 11.6. The number of rotatable bonds is 4. The minimum absolute atomic E-state index is 0.0717. The maximum Gasteiger partial charge on any atom is 0.359 e. The first-order valence-corrected chi connectivity index (χ1v) is 9.51. The summed E-state index contributed by atoms with van der Waals surface area (Å²) in [5.74, 6) is 0.254. The lowest BCUT2D eigenvalue weighted by Crippen LogP contribution is -2.49. The lowest BCUT2D eigenvalue weighted by molar-refractivity contribution is -0.730. The van der Waals surface area contributed by atoms with Gasteiger partial charge in [0.1, 0.15) is 6.10 Å². The highest BCUT2D eigenvalue weighted by Crippen LogP contribution is 2.41. The van der Waals surface area contributed by atoms with Crippen LogP contribution in [0.25, 0.3) is 0 Å². The van der Waals surface area contributed by atoms with Crippen molar-refractivity contribution >= 4 is 5.69 Å². The highest BCUT2D eigenvalue weighted by atomic mass is 16.6. The van der Waals surface area contributed by atoms with Gasteiger partial charge in [-0.25, -0.2) is 5.21 Å². The van der Waals surface area contributed by atoms with Gasteiger partial charge in [0.15, 0.2) is 0 Å². The molecule has 0 saturated carbocycles. The monoisotopic (exact) mass is 379 g/mol. The van der Waals surface area contributed by atoms with Gasteiger partial charge in [-0.1, -0.05) is 24.3 Å². The Kier molecular flexibility index (Phi) is 4.99. The number of likely N-dealkylation sites (tertiary alicyclic amines) is 1. The summed E-state index contributed by atoms with van der Waals surface area (Å²) in [6.07, 6.45) is 2.64. The smallest absolute Gasteiger partial charge is 0.359 e. The molecular formula is C21H23N4O3+. The highest BCUT2D eigenvalue weighted by molar-refractivity contribution is 5.52. The van der Waals surface area contributed by atoms with Crippen molar-refractivity contribution in [3.8, 4) is 11.8 Å². The van der Waals surface area contributed by atoms with Gasteiger partial charge in [-0.15, -0.1) is 0 Å². The van der Waals surface area contributed by atoms with Gasteiger partial charge in [0.25, 0.3) is 4.92 Å². The number of piperidine rings is 1. The number of nitrogens with zero attached hydrogens (tertiary/aromatic N) is 3. The van der Waals surface area contributed by atoms with E-state index < -0.39 is 0 Å². The summed E-state index contributed by atoms with van der Waals surface area (Å²) in [5.41, 5.74) is 8.70. The van der Waals surface area contributed by atoms with Gasteiger partial charge in [-0.05, 0) is 49.1 Å². The quantitative estimate of drug-likeness (QED) is 0.792. The molecule has 4 rings (SSSR count). The fraction of sp³-hybridized carbons (Fsp3) is 0.381. The molecule has 2 aliphatic rings. The second-order valence-electron chi connectivity index (χ2n) is 7.47. The van der Waals surface area contributed by atoms with Crippen molar-refractivity contribution in [2.45, 2.75) is 37.5 Å². The van der Waals surface area contributed by atoms with Crippen molar-refractivity contribution in [3.05, 3.63) is 64.1 Å². The third-order valence-corrected chi connectivity index (χ3v) is 5.65. The highest BCUT2D eigenvalue weighted by Gasteiger charge is 2.40. The molecule has 7 heteroatoms. The molecule has 1 saturated heterocycles. The first-order valence-electron chi connectivity index (χ1n) is 9.51. The van der Waals surface area contributed by atoms with Crippen LogP contribution in [-0.4, -0.2) is 40.2 Å². The molecule has 2 aromatic rings. The molecule has 144 valence electrons. The van der Waals surface area contributed by atoms with Crippen LogP contribution < -0.4 is 10.5 Å². The average molecular weight is 379 g/mol. The van der Waals surface area contributed by atoms with Crippen molar-refractivity contribution in [1.29, 1.82) is 5.26 Å². The van der Waals surface area contributed by atoms with Crippen LogP contribution in [0.5, 0.6) is 5.75 Å². The van der Waals surface area contributed by atoms with Gasteiger partial charge < -0.3 is 10.5 Å². The molecule has 7 nitrogen and oxygen atoms in total. The van der Waals surface area contributed by atoms with Crippen LogP contribution in [0.4, 0.5) is 5.69 Å². The van der Waals surface area contributed by atoms with Crippen molar-refractivity contribution in [1.82, 2.24) is 4.90 Å². The van der Waals surface area contributed by atoms with E-state index >= 15 is 0 Å². The van der Waals surface area contributed by atoms with E-state index in [0.29, 0.717) is 0 Å². The predicted molar refractivity (Wildman–Crippen MR) is 102 cm³/mol. The van der Waals surface area contributed by atoms with Crippen LogP contribution in [0.2, 0.25) is 0 Å². The lowest BCUT2D eigenvalue weighted by Gasteiger charge is -2.38. The van der Waals surface area contributed by atoms with Gasteiger partial charge in [0.05, 0.1) is 22.6 Å². The Hall–Kier alpha value is -2.95. The van der Waals surface area contributed by atoms with Crippen LogP contribution in [-0.2, 0) is 6.42 Å². The Labute approximate surface area is 163 Å². The molecule has 0 unspecified atom stereocenters. The van der Waals surface area contributed by atoms with E-state index in [1.54, 1.807) is 12.1 Å². The Morgan fingerprint density at radius 1 is 1.29 bits per heavy atom. The molecule has 3 N–H and O–H groups in total. The number of hydrogen-bond acceptors (Lipinski definition) is 5. The first-order chi connectivity index (χ1) is 13.6. The second kappa shape index (κ2) is 7.58. The summed E-state index contributed by atoms with van der Waals surface area (Å²) in [4.78, 5) is 13.8. The molecule has 28 heavy (non-hydrogen) atoms. The van der Waals surface area contributed by atoms with Gasteiger partial charge >= 0.3 is 5.69 Å². The number of ether oxygens (including phenoxy) is 1. The molecule has 1 aliphatic heterocycles. The number of nitrogens with two attached hydrogens (primary N) is 1. The zero-order chi connectivity index (χ0) is 19.7. The van der Waals surface area contributed by atoms with Gasteiger partial charge in [0, 0.05) is 18.7 Å². The van der Waals surface area contributed by atoms with Crippen LogP contribution in [0.3, 0.4) is 0 Å². The van der Waals surface area contributed by atoms with Crippen molar-refractivity contribution in [2.75, 3.05) is 13.1 Å². The average Bonchev–Trinajstić information content (AvgIpc) is 3.07. The van der Waals surface area contributed by atoms with E-state index in [9.17, 15) is 10.1 Å². The van der Waals surface area contributed by atoms with E-state index in [-0.39, 0.29) is 40.1 Å². The number of nitriles is 1. The minimum atomic E-state index is -0.284. The predicted octanol–water partition coefficient (Wildman–Crippen LogP) is 2.83. The Bertz CT molecular complexity index is 939. The molecule has 1 heterocycles. The van der Waals surface area contributed by atoms with Crippen molar-refractivity contribution < 1.29 is 14.9 Å². The summed E-state index contributed by atoms with van der Waals surface area (Å²) in [5, 5.41) is 18.6. The molecule has 0 aromatic heterocycles. The van der Waals surface area contributed by atoms with Crippen LogP contribution in [0, 0.1) is 16.2 Å². The lowest BCUT2D eigenvalue weighted by atomic mass is 10.0. The molecule has 0 bridgehead atoms. The fourth-order valence-corrected chi connectivity index (χ4v) is 4.31. The van der Waals surface area contributed by atoms with Gasteiger partial charge in [0.2, 0.25) is 5.75 Å². The molecule has 1 aliphatic carbocycles. The summed E-state index contributed by atoms with van der Waals surface area (Å²) >= 11 is 0. The standard InChI is InChI=1S/C21H23N4O3/c22-12-14-7-8-20(18(10-14)25(26)27)28-21-17-6-2-1-4-15(17)11-19(21)24-9-3-5-16(23)13-24/h1-2,4,6-8,10,16,19,21H,3,5,9,11,13,23H2,(H,26,27)/q+1/t16-,19+,21+/m0/s1. The second-order valence-corrected chi connectivity index (χ2v) is 7.47. The normalized spacial score (nSPS) is 24.4. The number of benzene rings is 2. The van der Waals surface area contributed by atoms with Crippen LogP contribution in [0.15, 0.2) is 42.5 Å². The van der Waals surface area contributed by atoms with E-state index in [2.05, 4.69) is 11.0 Å². The van der Waals surface area contributed by atoms with Crippen molar-refractivity contribution in [2.24, 2.45) is 5.73 Å². The molecule has 3 atom stereocenters. The molecule has 2 aromatic carbocycles. The van der Waals surface area contributed by atoms with Crippen LogP contribution >= 0.6 is 0 Å². The van der Waals surface area contributed by atoms with E-state index in [4.69, 9.17) is 15.7 Å². The van der Waals surface area contributed by atoms with E-state index in [0.717, 1.165) is 37.9 Å². The summed E-state index contributed by atoms with van der Waals surface area (Å²) in [7, 11) is 0. The Morgan fingerprint density at radius 2 is 2.11 bits per heavy atom. The zero-order valence-corrected chi connectivity index (χ0v) is 15.5. The Morgan fingerprint density at radius 3 is 2.86 bits per heavy atom. The maximum absolute atomic E-state index is 11.6. The first kappa shape index (κ1) is 18.4. The minimum Gasteiger partial charge on any atom is -0.477 e. The number of hydrogen-bond donors (Lipinski definition) is 2. The topological polar surface area (TPSA) is 103 Å². The Balaban J connectivity index is 1.69. The molecule has 1 fully saturated rings. The SMILES string of the molecule is N#Cc1ccc(O[C@@H]2c3ccccc3C[C@H]2N2CCC[C@H](N)C2)c([N+](=O)O)c1. The number of fused-ring (bicyclic) bond motifs is 1. The van der Waals surface area contributed by atoms with Gasteiger partial charge in [-0.2, -0.15) is 5.26 Å². The summed E-state index contributed by atoms with van der Waals surface area (Å²) in [6, 6.07) is 14.8. The summed E-state index contributed by atoms with van der Waals surface area (Å²) in [6.45, 7) is 1.77. The third-order valence-electron chi connectivity index (χ3n) is 5.65. The largest absolute Gasteiger partial charge is 0.477 e. The third kappa shape index (κ3) is 3.44. The van der Waals surface area contributed by atoms with Crippen molar-refractivity contribution in [3.63, 3.8) is 0 Å². The molecule has 0 amide bonds. The zero-order valence-electron chi connectivity index (χ0n) is 15.5. The van der Waals surface area contributed by atoms with Gasteiger partial charge in [-0.3, -0.25) is 4.90 Å². The van der Waals surface area contributed by atoms with E-state index in [1.165, 1.54) is 11.6 Å². The van der Waals surface area contributed by atoms with Crippen LogP contribution in [0.1, 0.15) is 35.6 Å². The molecule has 0 radical (unpaired) electrons. The molecule has 0 spiro atoms. The van der Waals surface area contributed by atoms with E-state index in [1.807, 2.05) is 24.3 Å². The summed E-state index contributed by atoms with van der Waals surface area (Å²) < 4.78 is 6.30. The fourth-order valence-electron chi connectivity index (χ4n) is 4.31. The molecular weight excluding hydrogens is 356 g/mol.